The van der Waals surface area contributed by atoms with Crippen LogP contribution in [-0.4, -0.2) is 14.5 Å². The van der Waals surface area contributed by atoms with E-state index >= 15 is 0 Å². The van der Waals surface area contributed by atoms with Crippen LogP contribution < -0.4 is 0 Å². The fraction of sp³-hybridized carbons (Fsp3) is 0.0612. The molecule has 52 heavy (non-hydrogen) atoms. The van der Waals surface area contributed by atoms with Crippen LogP contribution in [0.3, 0.4) is 0 Å². The van der Waals surface area contributed by atoms with Crippen LogP contribution in [0.5, 0.6) is 0 Å². The molecule has 12 aromatic rings. The zero-order valence-electron chi connectivity index (χ0n) is 28.6. The van der Waals surface area contributed by atoms with Gasteiger partial charge in [-0.2, -0.15) is 0 Å². The second-order valence-electron chi connectivity index (χ2n) is 15.3. The number of aromatic nitrogens is 3. The summed E-state index contributed by atoms with van der Waals surface area (Å²) in [7, 11) is 0. The molecule has 0 saturated carbocycles. The highest BCUT2D eigenvalue weighted by Crippen LogP contribution is 2.52. The quantitative estimate of drug-likeness (QED) is 0.173. The van der Waals surface area contributed by atoms with Crippen molar-refractivity contribution in [1.29, 1.82) is 0 Å². The molecule has 0 amide bonds. The second kappa shape index (κ2) is 9.01. The molecule has 3 nitrogen and oxygen atoms in total. The van der Waals surface area contributed by atoms with Crippen molar-refractivity contribution in [1.82, 2.24) is 14.5 Å². The van der Waals surface area contributed by atoms with Gasteiger partial charge in [-0.15, -0.1) is 0 Å². The Hall–Kier alpha value is -6.58. The van der Waals surface area contributed by atoms with E-state index in [1.54, 1.807) is 0 Å². The Labute approximate surface area is 298 Å². The smallest absolute Gasteiger partial charge is 0.165 e. The minimum atomic E-state index is -0.126. The molecule has 13 rings (SSSR count). The molecule has 1 aliphatic carbocycles. The van der Waals surface area contributed by atoms with Crippen molar-refractivity contribution in [3.8, 4) is 28.2 Å². The number of fused-ring (bicyclic) bond motifs is 4. The molecule has 0 atom stereocenters. The van der Waals surface area contributed by atoms with E-state index in [4.69, 9.17) is 9.97 Å². The number of hydrogen-bond donors (Lipinski definition) is 0. The van der Waals surface area contributed by atoms with Gasteiger partial charge in [0.15, 0.2) is 5.82 Å². The first kappa shape index (κ1) is 27.2. The average molecular weight is 660 g/mol. The second-order valence-corrected chi connectivity index (χ2v) is 15.3. The Morgan fingerprint density at radius 2 is 0.885 bits per heavy atom. The summed E-state index contributed by atoms with van der Waals surface area (Å²) in [6.45, 7) is 4.69. The van der Waals surface area contributed by atoms with E-state index in [0.717, 1.165) is 39.1 Å². The maximum absolute atomic E-state index is 5.53. The number of hydrogen-bond acceptors (Lipinski definition) is 2. The molecule has 2 aromatic heterocycles. The molecular formula is C49H29N3. The molecule has 2 heterocycles. The third-order valence-electron chi connectivity index (χ3n) is 12.4. The number of para-hydroxylation sites is 2. The van der Waals surface area contributed by atoms with E-state index in [1.165, 1.54) is 86.9 Å². The maximum atomic E-state index is 5.53. The minimum Gasteiger partial charge on any atom is -0.292 e. The van der Waals surface area contributed by atoms with Gasteiger partial charge >= 0.3 is 0 Å². The highest BCUT2D eigenvalue weighted by atomic mass is 15.1. The molecule has 0 saturated heterocycles. The van der Waals surface area contributed by atoms with Crippen LogP contribution in [0.25, 0.3) is 115 Å². The summed E-state index contributed by atoms with van der Waals surface area (Å²) in [5.41, 5.74) is 11.3. The van der Waals surface area contributed by atoms with Crippen molar-refractivity contribution in [3.05, 3.63) is 151 Å². The monoisotopic (exact) mass is 659 g/mol. The lowest BCUT2D eigenvalue weighted by atomic mass is 9.82. The number of nitrogens with zero attached hydrogens (tertiary/aromatic N) is 3. The Bertz CT molecular complexity index is 3350. The lowest BCUT2D eigenvalue weighted by molar-refractivity contribution is 0.660. The molecule has 3 heteroatoms. The molecule has 0 bridgehead atoms. The van der Waals surface area contributed by atoms with Crippen molar-refractivity contribution < 1.29 is 0 Å². The van der Waals surface area contributed by atoms with Gasteiger partial charge in [0.2, 0.25) is 0 Å². The van der Waals surface area contributed by atoms with Gasteiger partial charge < -0.3 is 0 Å². The van der Waals surface area contributed by atoms with E-state index in [1.807, 2.05) is 0 Å². The molecular weight excluding hydrogens is 631 g/mol. The molecule has 0 aliphatic heterocycles. The van der Waals surface area contributed by atoms with Crippen LogP contribution in [0.1, 0.15) is 25.0 Å². The summed E-state index contributed by atoms with van der Waals surface area (Å²) in [6.07, 6.45) is 0. The van der Waals surface area contributed by atoms with E-state index in [0.29, 0.717) is 0 Å². The number of rotatable bonds is 2. The van der Waals surface area contributed by atoms with Crippen molar-refractivity contribution in [3.63, 3.8) is 0 Å². The molecule has 0 radical (unpaired) electrons. The summed E-state index contributed by atoms with van der Waals surface area (Å²) in [4.78, 5) is 11.0. The molecule has 0 spiro atoms. The van der Waals surface area contributed by atoms with Crippen molar-refractivity contribution in [2.75, 3.05) is 0 Å². The summed E-state index contributed by atoms with van der Waals surface area (Å²) >= 11 is 0. The largest absolute Gasteiger partial charge is 0.292 e. The van der Waals surface area contributed by atoms with E-state index in [-0.39, 0.29) is 5.41 Å². The standard InChI is InChI=1S/C49H29N3/c1-49(2)34-8-4-3-7-32(34)33-22-19-31(25-35(33)49)47-48(51-37-10-6-5-9-36(37)50-47)52-38-23-20-29-17-15-27-13-11-26-12-14-28-16-18-30-21-24-39(52)46-44(30)42(28)40(26)41(27)43(29)45(38)46/h3-25H,1-2H3. The highest BCUT2D eigenvalue weighted by molar-refractivity contribution is 6.45. The molecule has 0 fully saturated rings. The summed E-state index contributed by atoms with van der Waals surface area (Å²) in [5.74, 6) is 0.858. The van der Waals surface area contributed by atoms with Crippen LogP contribution >= 0.6 is 0 Å². The highest BCUT2D eigenvalue weighted by Gasteiger charge is 2.36. The fourth-order valence-corrected chi connectivity index (χ4v) is 10.1. The van der Waals surface area contributed by atoms with Gasteiger partial charge in [0.05, 0.1) is 22.1 Å². The number of benzene rings is 9. The van der Waals surface area contributed by atoms with E-state index < -0.39 is 0 Å². The van der Waals surface area contributed by atoms with Crippen LogP contribution in [0.4, 0.5) is 0 Å². The van der Waals surface area contributed by atoms with Crippen molar-refractivity contribution in [2.24, 2.45) is 0 Å². The zero-order chi connectivity index (χ0) is 34.0. The van der Waals surface area contributed by atoms with Crippen LogP contribution in [0.15, 0.2) is 140 Å². The summed E-state index contributed by atoms with van der Waals surface area (Å²) in [6, 6.07) is 51.7. The van der Waals surface area contributed by atoms with Crippen LogP contribution in [-0.2, 0) is 5.41 Å². The van der Waals surface area contributed by atoms with E-state index in [9.17, 15) is 0 Å². The first-order valence-electron chi connectivity index (χ1n) is 18.2. The minimum absolute atomic E-state index is 0.126. The first-order valence-corrected chi connectivity index (χ1v) is 18.2. The Kier molecular flexibility index (Phi) is 4.71. The lowest BCUT2D eigenvalue weighted by Gasteiger charge is -2.22. The Morgan fingerprint density at radius 3 is 1.46 bits per heavy atom. The molecule has 0 unspecified atom stereocenters. The zero-order valence-corrected chi connectivity index (χ0v) is 28.6. The topological polar surface area (TPSA) is 30.7 Å². The predicted molar refractivity (Wildman–Crippen MR) is 218 cm³/mol. The molecule has 10 aromatic carbocycles. The average Bonchev–Trinajstić information content (AvgIpc) is 3.58. The third kappa shape index (κ3) is 3.11. The van der Waals surface area contributed by atoms with Crippen LogP contribution in [0, 0.1) is 0 Å². The van der Waals surface area contributed by atoms with Gasteiger partial charge in [0, 0.05) is 32.5 Å². The third-order valence-corrected chi connectivity index (χ3v) is 12.4. The van der Waals surface area contributed by atoms with Gasteiger partial charge in [-0.1, -0.05) is 123 Å². The van der Waals surface area contributed by atoms with Gasteiger partial charge in [0.25, 0.3) is 0 Å². The molecule has 1 aliphatic rings. The summed E-state index contributed by atoms with van der Waals surface area (Å²) in [5, 5.41) is 15.7. The molecule has 0 N–H and O–H groups in total. The van der Waals surface area contributed by atoms with Gasteiger partial charge in [-0.05, 0) is 95.7 Å². The Morgan fingerprint density at radius 1 is 0.423 bits per heavy atom. The summed E-state index contributed by atoms with van der Waals surface area (Å²) < 4.78 is 2.41. The van der Waals surface area contributed by atoms with Gasteiger partial charge in [-0.25, -0.2) is 9.97 Å². The maximum Gasteiger partial charge on any atom is 0.165 e. The SMILES string of the molecule is CC1(C)c2ccccc2-c2ccc(-c3nc4ccccc4nc3-n3c4ccc5ccc6ccc7ccc8ccc9ccc3c3c9c8c7c6c5c34)cc21. The fourth-order valence-electron chi connectivity index (χ4n) is 10.1. The Balaban J connectivity index is 1.22. The van der Waals surface area contributed by atoms with Gasteiger partial charge in [0.1, 0.15) is 5.69 Å². The van der Waals surface area contributed by atoms with Crippen molar-refractivity contribution in [2.45, 2.75) is 19.3 Å². The van der Waals surface area contributed by atoms with Gasteiger partial charge in [-0.3, -0.25) is 4.57 Å². The van der Waals surface area contributed by atoms with E-state index in [2.05, 4.69) is 158 Å². The predicted octanol–water partition coefficient (Wildman–Crippen LogP) is 12.8. The molecule has 240 valence electrons. The van der Waals surface area contributed by atoms with Crippen LogP contribution in [0.2, 0.25) is 0 Å². The first-order chi connectivity index (χ1) is 25.5. The lowest BCUT2D eigenvalue weighted by Crippen LogP contribution is -2.15. The van der Waals surface area contributed by atoms with Crippen molar-refractivity contribution >= 4 is 86.7 Å². The normalized spacial score (nSPS) is 14.1.